The van der Waals surface area contributed by atoms with Crippen LogP contribution in [0.3, 0.4) is 0 Å². The summed E-state index contributed by atoms with van der Waals surface area (Å²) >= 11 is 0. The summed E-state index contributed by atoms with van der Waals surface area (Å²) in [7, 11) is 0. The number of amides is 1. The van der Waals surface area contributed by atoms with Gasteiger partial charge in [0.15, 0.2) is 0 Å². The maximum absolute atomic E-state index is 12.3. The smallest absolute Gasteiger partial charge is 0.550 e. The van der Waals surface area contributed by atoms with Gasteiger partial charge in [0.1, 0.15) is 0 Å². The van der Waals surface area contributed by atoms with Crippen LogP contribution >= 0.6 is 0 Å². The second kappa shape index (κ2) is 17.8. The first-order chi connectivity index (χ1) is 11.1. The number of aliphatic carboxylic acids is 1. The topological polar surface area (TPSA) is 60.4 Å². The first-order valence-electron chi connectivity index (χ1n) is 9.55. The Morgan fingerprint density at radius 3 is 1.71 bits per heavy atom. The van der Waals surface area contributed by atoms with E-state index in [9.17, 15) is 14.7 Å². The van der Waals surface area contributed by atoms with Gasteiger partial charge < -0.3 is 14.8 Å². The molecule has 0 spiro atoms. The van der Waals surface area contributed by atoms with Crippen LogP contribution in [0.4, 0.5) is 0 Å². The van der Waals surface area contributed by atoms with Gasteiger partial charge in [0.05, 0.1) is 0 Å². The van der Waals surface area contributed by atoms with Gasteiger partial charge in [-0.05, 0) is 26.7 Å². The number of carboxylic acid groups (broad SMARTS) is 1. The predicted octanol–water partition coefficient (Wildman–Crippen LogP) is 0.536. The molecule has 4 nitrogen and oxygen atoms in total. The Morgan fingerprint density at radius 2 is 1.29 bits per heavy atom. The molecule has 5 heteroatoms. The number of carboxylic acids is 1. The van der Waals surface area contributed by atoms with Crippen molar-refractivity contribution in [2.75, 3.05) is 13.1 Å². The molecule has 0 aromatic rings. The van der Waals surface area contributed by atoms with E-state index in [1.54, 1.807) is 4.90 Å². The van der Waals surface area contributed by atoms with Gasteiger partial charge in [0.2, 0.25) is 5.91 Å². The van der Waals surface area contributed by atoms with E-state index < -0.39 is 11.9 Å². The van der Waals surface area contributed by atoms with Crippen LogP contribution in [-0.2, 0) is 9.59 Å². The van der Waals surface area contributed by atoms with Crippen molar-refractivity contribution in [2.45, 2.75) is 91.4 Å². The van der Waals surface area contributed by atoms with Crippen LogP contribution in [0.25, 0.3) is 0 Å². The first-order valence-corrected chi connectivity index (χ1v) is 9.55. The quantitative estimate of drug-likeness (QED) is 0.320. The molecule has 0 aliphatic carbocycles. The predicted molar refractivity (Wildman–Crippen MR) is 92.9 cm³/mol. The molecule has 0 aliphatic rings. The molecule has 0 fully saturated rings. The minimum Gasteiger partial charge on any atom is -0.550 e. The third-order valence-electron chi connectivity index (χ3n) is 4.49. The second-order valence-electron chi connectivity index (χ2n) is 6.40. The summed E-state index contributed by atoms with van der Waals surface area (Å²) in [5.74, 6) is -1.56. The van der Waals surface area contributed by atoms with Gasteiger partial charge in [-0.1, -0.05) is 64.7 Å². The van der Waals surface area contributed by atoms with E-state index in [1.165, 1.54) is 44.9 Å². The van der Waals surface area contributed by atoms with Gasteiger partial charge in [0.25, 0.3) is 0 Å². The van der Waals surface area contributed by atoms with Crippen LogP contribution in [-0.4, -0.2) is 29.9 Å². The van der Waals surface area contributed by atoms with Gasteiger partial charge in [0, 0.05) is 25.0 Å². The van der Waals surface area contributed by atoms with Gasteiger partial charge in [-0.2, -0.15) is 0 Å². The molecule has 0 aliphatic heterocycles. The Bertz CT molecular complexity index is 320. The maximum atomic E-state index is 12.3. The summed E-state index contributed by atoms with van der Waals surface area (Å²) in [5, 5.41) is 10.9. The number of carbonyl (C=O) groups is 2. The molecule has 0 bridgehead atoms. The second-order valence-corrected chi connectivity index (χ2v) is 6.40. The number of hydrogen-bond acceptors (Lipinski definition) is 3. The first kappa shape index (κ1) is 26.2. The molecule has 0 saturated carbocycles. The SMILES string of the molecule is CCCCCCCCCCCC(CC(=O)[O-])C(=O)N(CC)CC.[Na+]. The van der Waals surface area contributed by atoms with Crippen LogP contribution < -0.4 is 34.7 Å². The monoisotopic (exact) mass is 349 g/mol. The van der Waals surface area contributed by atoms with Crippen molar-refractivity contribution in [3.05, 3.63) is 0 Å². The molecule has 0 radical (unpaired) electrons. The molecule has 1 atom stereocenters. The molecule has 136 valence electrons. The Kier molecular flexibility index (Phi) is 19.4. The average Bonchev–Trinajstić information content (AvgIpc) is 2.52. The van der Waals surface area contributed by atoms with E-state index >= 15 is 0 Å². The fraction of sp³-hybridized carbons (Fsp3) is 0.895. The van der Waals surface area contributed by atoms with Crippen LogP contribution in [0.15, 0.2) is 0 Å². The maximum Gasteiger partial charge on any atom is 1.00 e. The van der Waals surface area contributed by atoms with Crippen LogP contribution in [0.1, 0.15) is 91.4 Å². The van der Waals surface area contributed by atoms with E-state index in [0.717, 1.165) is 12.8 Å². The van der Waals surface area contributed by atoms with E-state index in [-0.39, 0.29) is 41.9 Å². The zero-order chi connectivity index (χ0) is 17.5. The number of nitrogens with zero attached hydrogens (tertiary/aromatic N) is 1. The summed E-state index contributed by atoms with van der Waals surface area (Å²) in [6.45, 7) is 7.35. The number of hydrogen-bond donors (Lipinski definition) is 0. The third kappa shape index (κ3) is 13.3. The Balaban J connectivity index is 0. The van der Waals surface area contributed by atoms with Crippen LogP contribution in [0, 0.1) is 5.92 Å². The number of carbonyl (C=O) groups excluding carboxylic acids is 2. The molecule has 0 heterocycles. The van der Waals surface area contributed by atoms with Gasteiger partial charge in [-0.15, -0.1) is 0 Å². The average molecular weight is 349 g/mol. The standard InChI is InChI=1S/C19H37NO3.Na/c1-4-7-8-9-10-11-12-13-14-15-17(16-18(21)22)19(23)20(5-2)6-3;/h17H,4-16H2,1-3H3,(H,21,22);/q;+1/p-1. The van der Waals surface area contributed by atoms with Crippen molar-refractivity contribution in [2.24, 2.45) is 5.92 Å². The largest absolute Gasteiger partial charge is 1.00 e. The van der Waals surface area contributed by atoms with Crippen molar-refractivity contribution in [3.63, 3.8) is 0 Å². The van der Waals surface area contributed by atoms with E-state index in [2.05, 4.69) is 6.92 Å². The Hall–Kier alpha value is -0.0600. The van der Waals surface area contributed by atoms with Crippen LogP contribution in [0.2, 0.25) is 0 Å². The summed E-state index contributed by atoms with van der Waals surface area (Å²) in [4.78, 5) is 25.0. The van der Waals surface area contributed by atoms with Gasteiger partial charge in [-0.25, -0.2) is 0 Å². The third-order valence-corrected chi connectivity index (χ3v) is 4.49. The van der Waals surface area contributed by atoms with Crippen molar-refractivity contribution in [1.82, 2.24) is 4.90 Å². The molecule has 0 aromatic carbocycles. The van der Waals surface area contributed by atoms with E-state index in [4.69, 9.17) is 0 Å². The molecular weight excluding hydrogens is 313 g/mol. The normalized spacial score (nSPS) is 11.6. The molecule has 24 heavy (non-hydrogen) atoms. The fourth-order valence-corrected chi connectivity index (χ4v) is 3.01. The molecule has 0 saturated heterocycles. The minimum absolute atomic E-state index is 0. The van der Waals surface area contributed by atoms with E-state index in [1.807, 2.05) is 13.8 Å². The number of rotatable bonds is 15. The molecule has 0 N–H and O–H groups in total. The molecule has 0 aromatic heterocycles. The molecular formula is C19H36NNaO3. The van der Waals surface area contributed by atoms with Crippen LogP contribution in [0.5, 0.6) is 0 Å². The molecule has 1 amide bonds. The minimum atomic E-state index is -1.12. The number of unbranched alkanes of at least 4 members (excludes halogenated alkanes) is 8. The van der Waals surface area contributed by atoms with E-state index in [0.29, 0.717) is 19.5 Å². The zero-order valence-corrected chi connectivity index (χ0v) is 18.4. The zero-order valence-electron chi connectivity index (χ0n) is 16.4. The molecule has 0 rings (SSSR count). The Labute approximate surface area is 171 Å². The van der Waals surface area contributed by atoms with Crippen molar-refractivity contribution in [1.29, 1.82) is 0 Å². The fourth-order valence-electron chi connectivity index (χ4n) is 3.01. The molecule has 1 unspecified atom stereocenters. The van der Waals surface area contributed by atoms with Crippen molar-refractivity contribution >= 4 is 11.9 Å². The summed E-state index contributed by atoms with van der Waals surface area (Å²) in [6, 6.07) is 0. The summed E-state index contributed by atoms with van der Waals surface area (Å²) in [6.07, 6.45) is 11.5. The summed E-state index contributed by atoms with van der Waals surface area (Å²) < 4.78 is 0. The van der Waals surface area contributed by atoms with Crippen molar-refractivity contribution < 1.29 is 44.3 Å². The van der Waals surface area contributed by atoms with Crippen molar-refractivity contribution in [3.8, 4) is 0 Å². The van der Waals surface area contributed by atoms with Gasteiger partial charge in [-0.3, -0.25) is 4.79 Å². The van der Waals surface area contributed by atoms with Gasteiger partial charge >= 0.3 is 29.6 Å². The summed E-state index contributed by atoms with van der Waals surface area (Å²) in [5.41, 5.74) is 0. The Morgan fingerprint density at radius 1 is 0.833 bits per heavy atom.